The van der Waals surface area contributed by atoms with Crippen LogP contribution >= 0.6 is 22.6 Å². The number of hydrogen-bond acceptors (Lipinski definition) is 10. The molecule has 0 aliphatic carbocycles. The summed E-state index contributed by atoms with van der Waals surface area (Å²) in [4.78, 5) is 10.4. The lowest BCUT2D eigenvalue weighted by Gasteiger charge is -2.19. The van der Waals surface area contributed by atoms with Crippen molar-refractivity contribution in [2.24, 2.45) is 20.4 Å². The Morgan fingerprint density at radius 3 is 2.60 bits per heavy atom. The van der Waals surface area contributed by atoms with Crippen LogP contribution in [0.25, 0.3) is 22.2 Å². The number of H-pyrrole nitrogens is 1. The van der Waals surface area contributed by atoms with E-state index in [0.29, 0.717) is 41.7 Å². The molecule has 0 unspecified atom stereocenters. The number of imidazole rings is 1. The Balaban J connectivity index is 1.84. The number of benzene rings is 2. The molecule has 3 aromatic rings. The second-order valence-corrected chi connectivity index (χ2v) is 12.4. The number of aromatic nitrogens is 2. The predicted molar refractivity (Wildman–Crippen MR) is 138 cm³/mol. The molecule has 5 rings (SSSR count). The average molecular weight is 629 g/mol. The molecule has 0 saturated carbocycles. The van der Waals surface area contributed by atoms with E-state index in [9.17, 15) is 16.8 Å². The molecule has 184 valence electrons. The predicted octanol–water partition coefficient (Wildman–Crippen LogP) is 0.874. The lowest BCUT2D eigenvalue weighted by Crippen LogP contribution is -2.37. The molecule has 13 nitrogen and oxygen atoms in total. The van der Waals surface area contributed by atoms with Crippen molar-refractivity contribution < 1.29 is 16.8 Å². The maximum absolute atomic E-state index is 13.4. The monoisotopic (exact) mass is 629 g/mol. The lowest BCUT2D eigenvalue weighted by molar-refractivity contribution is 0.555. The van der Waals surface area contributed by atoms with E-state index >= 15 is 0 Å². The fraction of sp³-hybridized carbons (Fsp3) is 0.263. The summed E-state index contributed by atoms with van der Waals surface area (Å²) in [7, 11) is -8.85. The number of aromatic amines is 1. The molecule has 0 spiro atoms. The number of rotatable bonds is 6. The minimum absolute atomic E-state index is 0.0289. The molecule has 7 N–H and O–H groups in total. The molecule has 35 heavy (non-hydrogen) atoms. The number of nitrogens with one attached hydrogen (secondary N) is 3. The molecular formula is C19H20IN9O4S2. The smallest absolute Gasteiger partial charge is 0.242 e. The highest BCUT2D eigenvalue weighted by atomic mass is 127. The van der Waals surface area contributed by atoms with Crippen LogP contribution < -0.4 is 20.9 Å². The van der Waals surface area contributed by atoms with E-state index in [4.69, 9.17) is 10.9 Å². The van der Waals surface area contributed by atoms with Crippen LogP contribution in [0.1, 0.15) is 12.0 Å². The number of primary sulfonamides is 1. The van der Waals surface area contributed by atoms with Crippen molar-refractivity contribution in [3.05, 3.63) is 33.4 Å². The van der Waals surface area contributed by atoms with Crippen molar-refractivity contribution in [2.45, 2.75) is 22.3 Å². The second-order valence-electron chi connectivity index (χ2n) is 8.01. The fourth-order valence-electron chi connectivity index (χ4n) is 4.21. The summed E-state index contributed by atoms with van der Waals surface area (Å²) < 4.78 is 55.9. The average Bonchev–Trinajstić information content (AvgIpc) is 3.53. The summed E-state index contributed by atoms with van der Waals surface area (Å²) in [6.45, 7) is 1.04. The maximum atomic E-state index is 13.4. The minimum Gasteiger partial charge on any atom is -0.369 e. The largest absolute Gasteiger partial charge is 0.369 e. The number of azo groups is 1. The Bertz CT molecular complexity index is 1630. The summed E-state index contributed by atoms with van der Waals surface area (Å²) in [5, 5.41) is 16.5. The van der Waals surface area contributed by atoms with Crippen LogP contribution in [0.4, 0.5) is 5.95 Å². The molecule has 1 atom stereocenters. The Morgan fingerprint density at radius 1 is 1.14 bits per heavy atom. The van der Waals surface area contributed by atoms with Crippen molar-refractivity contribution in [1.82, 2.24) is 20.0 Å². The number of sulfonamides is 2. The van der Waals surface area contributed by atoms with Crippen LogP contribution in [0, 0.1) is 3.57 Å². The van der Waals surface area contributed by atoms with Crippen LogP contribution in [0.3, 0.4) is 0 Å². The van der Waals surface area contributed by atoms with E-state index in [1.54, 1.807) is 6.07 Å². The molecule has 1 fully saturated rings. The molecule has 1 aromatic heterocycles. The number of anilines is 1. The van der Waals surface area contributed by atoms with E-state index in [2.05, 4.69) is 57.8 Å². The van der Waals surface area contributed by atoms with Crippen molar-refractivity contribution in [3.63, 3.8) is 0 Å². The normalized spacial score (nSPS) is 18.5. The van der Waals surface area contributed by atoms with Crippen LogP contribution in [0.15, 0.2) is 49.3 Å². The summed E-state index contributed by atoms with van der Waals surface area (Å²) in [6, 6.07) is 5.93. The van der Waals surface area contributed by atoms with Gasteiger partial charge in [0.25, 0.3) is 0 Å². The lowest BCUT2D eigenvalue weighted by atomic mass is 9.97. The van der Waals surface area contributed by atoms with E-state index < -0.39 is 29.8 Å². The number of nitrogens with two attached hydrogens (primary N) is 2. The Hall–Kier alpha value is -2.51. The molecule has 1 saturated heterocycles. The summed E-state index contributed by atoms with van der Waals surface area (Å²) in [5.74, 6) is 0.127. The van der Waals surface area contributed by atoms with Crippen LogP contribution in [0.5, 0.6) is 0 Å². The third-order valence-electron chi connectivity index (χ3n) is 5.61. The van der Waals surface area contributed by atoms with Gasteiger partial charge in [-0.25, -0.2) is 36.7 Å². The molecule has 2 aromatic carbocycles. The number of nitrogen functional groups attached to an aromatic ring is 1. The van der Waals surface area contributed by atoms with Crippen molar-refractivity contribution >= 4 is 65.5 Å². The summed E-state index contributed by atoms with van der Waals surface area (Å²) >= 11 is 2.11. The van der Waals surface area contributed by atoms with E-state index in [-0.39, 0.29) is 30.1 Å². The van der Waals surface area contributed by atoms with Crippen LogP contribution in [-0.4, -0.2) is 58.4 Å². The van der Waals surface area contributed by atoms with Gasteiger partial charge in [0.05, 0.1) is 16.6 Å². The molecular weight excluding hydrogens is 609 g/mol. The molecule has 0 radical (unpaired) electrons. The first kappa shape index (κ1) is 24.2. The highest BCUT2D eigenvalue weighted by Gasteiger charge is 2.34. The van der Waals surface area contributed by atoms with Gasteiger partial charge < -0.3 is 16.0 Å². The number of halogens is 1. The van der Waals surface area contributed by atoms with Crippen molar-refractivity contribution in [3.8, 4) is 11.1 Å². The SMILES string of the molecule is Nc1nc2c(-c3ccc(S(=O)(=O)N[C@@H]4CCNC4)c(S(N)(=O)=O)c3C3=NCN=N3)cc(I)cc2[nH]1. The quantitative estimate of drug-likeness (QED) is 0.248. The molecule has 16 heteroatoms. The van der Waals surface area contributed by atoms with Gasteiger partial charge in [-0.1, -0.05) is 6.07 Å². The Morgan fingerprint density at radius 2 is 1.94 bits per heavy atom. The number of nitrogens with zero attached hydrogens (tertiary/aromatic N) is 4. The fourth-order valence-corrected chi connectivity index (χ4v) is 7.70. The van der Waals surface area contributed by atoms with Gasteiger partial charge in [-0.3, -0.25) is 0 Å². The zero-order valence-electron chi connectivity index (χ0n) is 18.0. The van der Waals surface area contributed by atoms with Crippen molar-refractivity contribution in [1.29, 1.82) is 0 Å². The third kappa shape index (κ3) is 4.56. The second kappa shape index (κ2) is 8.86. The first-order valence-corrected chi connectivity index (χ1v) is 14.5. The molecule has 2 aliphatic rings. The summed E-state index contributed by atoms with van der Waals surface area (Å²) in [6.07, 6.45) is 0.566. The zero-order chi connectivity index (χ0) is 25.0. The van der Waals surface area contributed by atoms with Gasteiger partial charge in [-0.15, -0.1) is 5.11 Å². The molecule has 0 bridgehead atoms. The van der Waals surface area contributed by atoms with Gasteiger partial charge in [0.1, 0.15) is 9.79 Å². The van der Waals surface area contributed by atoms with Gasteiger partial charge in [0.15, 0.2) is 18.5 Å². The maximum Gasteiger partial charge on any atom is 0.242 e. The third-order valence-corrected chi connectivity index (χ3v) is 8.92. The number of fused-ring (bicyclic) bond motifs is 1. The Kier molecular flexibility index (Phi) is 6.12. The standard InChI is InChI=1S/C19H20IN9O4S2/c20-9-5-12(16-13(6-9)26-19(21)27-16)11-1-2-14(35(32,33)29-10-3-4-23-7-10)17(34(22,30)31)15(11)18-24-8-25-28-18/h1-2,5-6,10,23,29H,3-4,7-8H2,(H3,21,26,27)(H2,22,30,31)/t10-/m1/s1. The van der Waals surface area contributed by atoms with Crippen LogP contribution in [0.2, 0.25) is 0 Å². The van der Waals surface area contributed by atoms with Crippen molar-refractivity contribution in [2.75, 3.05) is 25.5 Å². The van der Waals surface area contributed by atoms with E-state index in [1.165, 1.54) is 12.1 Å². The van der Waals surface area contributed by atoms with Gasteiger partial charge in [0, 0.05) is 21.7 Å². The van der Waals surface area contributed by atoms with Crippen LogP contribution in [-0.2, 0) is 20.0 Å². The number of aliphatic imine (C=N–C) groups is 1. The minimum atomic E-state index is -4.58. The van der Waals surface area contributed by atoms with E-state index in [1.807, 2.05) is 6.07 Å². The van der Waals surface area contributed by atoms with Gasteiger partial charge >= 0.3 is 0 Å². The summed E-state index contributed by atoms with van der Waals surface area (Å²) in [5.41, 5.74) is 7.72. The van der Waals surface area contributed by atoms with Gasteiger partial charge in [0.2, 0.25) is 20.0 Å². The first-order valence-electron chi connectivity index (χ1n) is 10.3. The molecule has 2 aliphatic heterocycles. The highest BCUT2D eigenvalue weighted by molar-refractivity contribution is 14.1. The molecule has 0 amide bonds. The van der Waals surface area contributed by atoms with Gasteiger partial charge in [-0.05, 0) is 59.3 Å². The van der Waals surface area contributed by atoms with Gasteiger partial charge in [-0.2, -0.15) is 5.11 Å². The Labute approximate surface area is 214 Å². The highest BCUT2D eigenvalue weighted by Crippen LogP contribution is 2.38. The molecule has 3 heterocycles. The number of hydrogen-bond donors (Lipinski definition) is 5. The zero-order valence-corrected chi connectivity index (χ0v) is 21.8. The van der Waals surface area contributed by atoms with E-state index in [0.717, 1.165) is 3.57 Å². The topological polar surface area (TPSA) is 210 Å². The first-order chi connectivity index (χ1) is 16.5. The number of amidine groups is 1.